The number of benzene rings is 4. The van der Waals surface area contributed by atoms with Gasteiger partial charge in [0.05, 0.1) is 11.9 Å². The van der Waals surface area contributed by atoms with Crippen molar-refractivity contribution in [1.82, 2.24) is 19.7 Å². The van der Waals surface area contributed by atoms with Crippen LogP contribution in [0.3, 0.4) is 0 Å². The van der Waals surface area contributed by atoms with Crippen LogP contribution < -0.4 is 0 Å². The Balaban J connectivity index is 0.000000196. The molecule has 1 aliphatic rings. The van der Waals surface area contributed by atoms with Crippen molar-refractivity contribution in [3.8, 4) is 11.3 Å². The average molecular weight is 689 g/mol. The fourth-order valence-electron chi connectivity index (χ4n) is 5.75. The molecule has 0 amide bonds. The minimum absolute atomic E-state index is 0.231. The summed E-state index contributed by atoms with van der Waals surface area (Å²) in [7, 11) is 1.91. The largest absolute Gasteiger partial charge is 0.275 e. The van der Waals surface area contributed by atoms with Crippen molar-refractivity contribution in [1.29, 1.82) is 0 Å². The van der Waals surface area contributed by atoms with Crippen molar-refractivity contribution in [2.75, 3.05) is 0 Å². The van der Waals surface area contributed by atoms with Crippen molar-refractivity contribution in [2.45, 2.75) is 87.5 Å². The lowest BCUT2D eigenvalue weighted by Crippen LogP contribution is -1.94. The van der Waals surface area contributed by atoms with Gasteiger partial charge in [-0.2, -0.15) is 5.10 Å². The highest BCUT2D eigenvalue weighted by Gasteiger charge is 2.29. The molecular weight excluding hydrogens is 635 g/mol. The Bertz CT molecular complexity index is 2110. The summed E-state index contributed by atoms with van der Waals surface area (Å²) in [6.45, 7) is 18.2. The number of aryl methyl sites for hydroxylation is 4. The zero-order valence-electron chi connectivity index (χ0n) is 32.0. The SMILES string of the molecule is CC.CC.CC.Cc1cccc2cc(-c3cnn(C)c3)ncc12.Cc1cccc2cc(C3CC3)c(C(F)F)cc12.Cc1cccc2ccncc12. The lowest BCUT2D eigenvalue weighted by molar-refractivity contribution is 0.150. The number of aromatic nitrogens is 4. The molecule has 0 spiro atoms. The minimum Gasteiger partial charge on any atom is -0.275 e. The van der Waals surface area contributed by atoms with Crippen LogP contribution in [0.5, 0.6) is 0 Å². The van der Waals surface area contributed by atoms with Gasteiger partial charge in [-0.15, -0.1) is 0 Å². The van der Waals surface area contributed by atoms with Gasteiger partial charge in [0.15, 0.2) is 0 Å². The normalized spacial score (nSPS) is 11.5. The number of rotatable bonds is 3. The predicted octanol–water partition coefficient (Wildman–Crippen LogP) is 13.5. The third-order valence-electron chi connectivity index (χ3n) is 8.44. The van der Waals surface area contributed by atoms with Crippen molar-refractivity contribution < 1.29 is 8.78 Å². The second-order valence-corrected chi connectivity index (χ2v) is 11.8. The molecule has 6 heteroatoms. The van der Waals surface area contributed by atoms with Gasteiger partial charge in [-0.3, -0.25) is 14.6 Å². The number of hydrogen-bond acceptors (Lipinski definition) is 3. The molecule has 0 aliphatic heterocycles. The molecule has 3 aromatic heterocycles. The fraction of sp³-hybridized carbons (Fsp3) is 0.311. The van der Waals surface area contributed by atoms with Crippen LogP contribution in [0, 0.1) is 20.8 Å². The monoisotopic (exact) mass is 688 g/mol. The van der Waals surface area contributed by atoms with E-state index in [0.29, 0.717) is 5.92 Å². The highest BCUT2D eigenvalue weighted by Crippen LogP contribution is 2.45. The van der Waals surface area contributed by atoms with Crippen LogP contribution >= 0.6 is 0 Å². The summed E-state index contributed by atoms with van der Waals surface area (Å²) < 4.78 is 27.9. The molecule has 4 aromatic carbocycles. The van der Waals surface area contributed by atoms with Gasteiger partial charge < -0.3 is 0 Å². The lowest BCUT2D eigenvalue weighted by atomic mass is 9.96. The summed E-state index contributed by atoms with van der Waals surface area (Å²) >= 11 is 0. The smallest absolute Gasteiger partial charge is 0.264 e. The molecule has 0 atom stereocenters. The summed E-state index contributed by atoms with van der Waals surface area (Å²) in [6.07, 6.45) is 9.22. The van der Waals surface area contributed by atoms with Crippen LogP contribution in [-0.2, 0) is 7.05 Å². The van der Waals surface area contributed by atoms with Crippen LogP contribution in [0.15, 0.2) is 110 Å². The molecule has 7 aromatic rings. The van der Waals surface area contributed by atoms with E-state index in [-0.39, 0.29) is 5.56 Å². The Kier molecular flexibility index (Phi) is 15.9. The fourth-order valence-corrected chi connectivity index (χ4v) is 5.75. The molecule has 0 N–H and O–H groups in total. The van der Waals surface area contributed by atoms with Gasteiger partial charge in [-0.05, 0) is 102 Å². The first kappa shape index (κ1) is 40.5. The molecule has 0 radical (unpaired) electrons. The quantitative estimate of drug-likeness (QED) is 0.186. The van der Waals surface area contributed by atoms with Gasteiger partial charge in [0.2, 0.25) is 0 Å². The molecule has 268 valence electrons. The molecule has 0 bridgehead atoms. The lowest BCUT2D eigenvalue weighted by Gasteiger charge is -2.11. The molecule has 1 aliphatic carbocycles. The molecule has 3 heterocycles. The van der Waals surface area contributed by atoms with E-state index in [1.807, 2.05) is 117 Å². The van der Waals surface area contributed by atoms with E-state index < -0.39 is 6.43 Å². The summed E-state index contributed by atoms with van der Waals surface area (Å²) in [5.74, 6) is 0.365. The predicted molar refractivity (Wildman–Crippen MR) is 215 cm³/mol. The summed E-state index contributed by atoms with van der Waals surface area (Å²) in [5, 5.41) is 11.1. The first-order valence-electron chi connectivity index (χ1n) is 18.2. The van der Waals surface area contributed by atoms with E-state index in [4.69, 9.17) is 0 Å². The maximum Gasteiger partial charge on any atom is 0.264 e. The van der Waals surface area contributed by atoms with E-state index in [2.05, 4.69) is 71.4 Å². The Hall–Kier alpha value is -4.97. The van der Waals surface area contributed by atoms with Gasteiger partial charge in [0.25, 0.3) is 6.43 Å². The first-order valence-corrected chi connectivity index (χ1v) is 18.2. The second-order valence-electron chi connectivity index (χ2n) is 11.8. The number of fused-ring (bicyclic) bond motifs is 3. The van der Waals surface area contributed by atoms with E-state index in [1.165, 1.54) is 32.7 Å². The summed E-state index contributed by atoms with van der Waals surface area (Å²) in [5.41, 5.74) is 6.72. The molecule has 1 fully saturated rings. The molecule has 8 rings (SSSR count). The highest BCUT2D eigenvalue weighted by molar-refractivity contribution is 5.88. The summed E-state index contributed by atoms with van der Waals surface area (Å²) in [6, 6.07) is 26.3. The Morgan fingerprint density at radius 2 is 1.20 bits per heavy atom. The zero-order chi connectivity index (χ0) is 37.5. The minimum atomic E-state index is -2.37. The third-order valence-corrected chi connectivity index (χ3v) is 8.44. The van der Waals surface area contributed by atoms with Gasteiger partial charge in [-0.25, -0.2) is 8.78 Å². The van der Waals surface area contributed by atoms with E-state index in [9.17, 15) is 8.78 Å². The first-order chi connectivity index (χ1) is 24.8. The average Bonchev–Trinajstić information content (AvgIpc) is 3.93. The molecule has 4 nitrogen and oxygen atoms in total. The van der Waals surface area contributed by atoms with Crippen LogP contribution in [0.4, 0.5) is 8.78 Å². The van der Waals surface area contributed by atoms with Crippen LogP contribution in [0.25, 0.3) is 43.6 Å². The van der Waals surface area contributed by atoms with Crippen LogP contribution in [-0.4, -0.2) is 19.7 Å². The maximum absolute atomic E-state index is 13.1. The van der Waals surface area contributed by atoms with Crippen molar-refractivity contribution in [3.63, 3.8) is 0 Å². The number of pyridine rings is 2. The number of hydrogen-bond donors (Lipinski definition) is 0. The summed E-state index contributed by atoms with van der Waals surface area (Å²) in [4.78, 5) is 8.57. The standard InChI is InChI=1S/C15H14F2.C14H13N3.C10H9N.3C2H6/c1-9-3-2-4-11-7-13(10-5-6-10)14(15(16)17)8-12(9)11;1-10-4-3-5-11-6-14(15-8-13(10)11)12-7-16-17(2)9-12;1-8-3-2-4-9-5-6-11-7-10(8)9;3*1-2/h2-4,7-8,10,15H,5-6H2,1H3;3-9H,1-2H3;2-7H,1H3;3*1-2H3. The Labute approximate surface area is 303 Å². The van der Waals surface area contributed by atoms with Gasteiger partial charge in [0, 0.05) is 53.7 Å². The molecule has 0 saturated heterocycles. The molecule has 1 saturated carbocycles. The van der Waals surface area contributed by atoms with Gasteiger partial charge >= 0.3 is 0 Å². The van der Waals surface area contributed by atoms with E-state index >= 15 is 0 Å². The van der Waals surface area contributed by atoms with Gasteiger partial charge in [0.1, 0.15) is 0 Å². The van der Waals surface area contributed by atoms with E-state index in [1.54, 1.807) is 10.7 Å². The second kappa shape index (κ2) is 20.0. The molecular formula is C45H54F2N4. The van der Waals surface area contributed by atoms with Gasteiger partial charge in [-0.1, -0.05) is 102 Å². The number of nitrogens with zero attached hydrogens (tertiary/aromatic N) is 4. The topological polar surface area (TPSA) is 43.6 Å². The Morgan fingerprint density at radius 3 is 1.73 bits per heavy atom. The zero-order valence-corrected chi connectivity index (χ0v) is 32.0. The molecule has 51 heavy (non-hydrogen) atoms. The third kappa shape index (κ3) is 10.5. The van der Waals surface area contributed by atoms with Crippen LogP contribution in [0.2, 0.25) is 0 Å². The Morgan fingerprint density at radius 1 is 0.647 bits per heavy atom. The van der Waals surface area contributed by atoms with Crippen molar-refractivity contribution in [2.24, 2.45) is 7.05 Å². The van der Waals surface area contributed by atoms with Crippen molar-refractivity contribution >= 4 is 32.3 Å². The number of halogens is 2. The van der Waals surface area contributed by atoms with Crippen molar-refractivity contribution in [3.05, 3.63) is 138 Å². The highest BCUT2D eigenvalue weighted by atomic mass is 19.3. The van der Waals surface area contributed by atoms with Crippen LogP contribution in [0.1, 0.15) is 94.5 Å². The number of alkyl halides is 2. The maximum atomic E-state index is 13.1. The molecule has 0 unspecified atom stereocenters. The van der Waals surface area contributed by atoms with E-state index in [0.717, 1.165) is 46.0 Å².